The Labute approximate surface area is 418 Å². The van der Waals surface area contributed by atoms with E-state index in [9.17, 15) is 0 Å². The van der Waals surface area contributed by atoms with E-state index < -0.39 is 0 Å². The van der Waals surface area contributed by atoms with Crippen LogP contribution in [0.3, 0.4) is 0 Å². The van der Waals surface area contributed by atoms with Crippen LogP contribution in [0.2, 0.25) is 0 Å². The average molecular weight is 938 g/mol. The summed E-state index contributed by atoms with van der Waals surface area (Å²) in [6, 6.07) is 50.2. The lowest BCUT2D eigenvalue weighted by atomic mass is 9.77. The average Bonchev–Trinajstić information content (AvgIpc) is 4.09. The summed E-state index contributed by atoms with van der Waals surface area (Å²) in [6.07, 6.45) is 0. The number of benzene rings is 10. The highest BCUT2D eigenvalue weighted by Gasteiger charge is 2.29. The molecule has 0 amide bonds. The van der Waals surface area contributed by atoms with Crippen LogP contribution >= 0.6 is 0 Å². The highest BCUT2D eigenvalue weighted by molar-refractivity contribution is 6.39. The molecule has 0 spiro atoms. The predicted molar refractivity (Wildman–Crippen MR) is 307 cm³/mol. The maximum atomic E-state index is 7.33. The number of aromatic nitrogens is 1. The van der Waals surface area contributed by atoms with Gasteiger partial charge >= 0.3 is 0 Å². The Morgan fingerprint density at radius 3 is 1.25 bits per heavy atom. The van der Waals surface area contributed by atoms with Gasteiger partial charge in [-0.2, -0.15) is 0 Å². The Morgan fingerprint density at radius 1 is 0.292 bits per heavy atom. The molecule has 0 saturated carbocycles. The number of furan rings is 3. The third-order valence-corrected chi connectivity index (χ3v) is 16.1. The molecule has 4 nitrogen and oxygen atoms in total. The molecular weight excluding hydrogens is 879 g/mol. The van der Waals surface area contributed by atoms with Crippen molar-refractivity contribution in [1.82, 2.24) is 4.98 Å². The SMILES string of the molecule is CC(C)(C)c1ccc2[nH]c3cc4c(cc3c2c1)oc1c4cc2c(-c3ccccc3C(C)(C)C)cc3c4oc5cc6c(cc5c4cc4c(-c5ccccc5C(C)(C)C)cc1c2c43)oc1ccc(C(C)(C)C)cc16. The summed E-state index contributed by atoms with van der Waals surface area (Å²) >= 11 is 0. The van der Waals surface area contributed by atoms with Gasteiger partial charge < -0.3 is 18.2 Å². The van der Waals surface area contributed by atoms with E-state index in [0.29, 0.717) is 0 Å². The van der Waals surface area contributed by atoms with Crippen molar-refractivity contribution in [1.29, 1.82) is 0 Å². The molecule has 4 aromatic heterocycles. The molecule has 4 heteroatoms. The van der Waals surface area contributed by atoms with Crippen LogP contribution < -0.4 is 0 Å². The third-order valence-electron chi connectivity index (χ3n) is 16.1. The second-order valence-corrected chi connectivity index (χ2v) is 25.0. The standard InChI is InChI=1S/C68H59NO3/c1-65(2,3)35-21-23-55-41(25-35)42-32-59-44(31-56(42)69-55)49-29-47-39(37-17-13-15-19-53(37)67(7,8)9)28-52-62-48(40(27-51(61(47)62)63(49)71-59)38-18-14-16-20-54(38)68(10,11)12)30-50-46-34-58-45(33-60(46)72-64(50)52)43-26-36(66(4,5)6)22-24-57(43)70-58/h13-34,69H,1-12H3. The van der Waals surface area contributed by atoms with Gasteiger partial charge in [0.2, 0.25) is 0 Å². The first kappa shape index (κ1) is 43.2. The molecule has 0 aliphatic carbocycles. The number of nitrogens with one attached hydrogen (secondary N) is 1. The van der Waals surface area contributed by atoms with Crippen LogP contribution in [0.5, 0.6) is 0 Å². The molecule has 4 heterocycles. The first-order valence-corrected chi connectivity index (χ1v) is 25.7. The lowest BCUT2D eigenvalue weighted by Crippen LogP contribution is -2.13. The van der Waals surface area contributed by atoms with E-state index in [4.69, 9.17) is 13.3 Å². The van der Waals surface area contributed by atoms with Gasteiger partial charge in [0, 0.05) is 75.7 Å². The summed E-state index contributed by atoms with van der Waals surface area (Å²) in [5.74, 6) is 0. The minimum absolute atomic E-state index is 0.00147. The fourth-order valence-electron chi connectivity index (χ4n) is 12.3. The highest BCUT2D eigenvalue weighted by atomic mass is 16.3. The Balaban J connectivity index is 1.17. The van der Waals surface area contributed by atoms with Gasteiger partial charge in [-0.1, -0.05) is 144 Å². The maximum absolute atomic E-state index is 7.33. The van der Waals surface area contributed by atoms with Crippen molar-refractivity contribution in [3.8, 4) is 22.3 Å². The summed E-state index contributed by atoms with van der Waals surface area (Å²) in [5.41, 5.74) is 17.3. The maximum Gasteiger partial charge on any atom is 0.143 e. The van der Waals surface area contributed by atoms with Gasteiger partial charge in [-0.25, -0.2) is 0 Å². The van der Waals surface area contributed by atoms with Crippen LogP contribution in [-0.4, -0.2) is 4.98 Å². The normalized spacial score (nSPS) is 13.6. The van der Waals surface area contributed by atoms with Gasteiger partial charge in [0.15, 0.2) is 0 Å². The van der Waals surface area contributed by atoms with Crippen LogP contribution in [0.25, 0.3) is 142 Å². The van der Waals surface area contributed by atoms with E-state index in [0.717, 1.165) is 87.6 Å². The minimum atomic E-state index is -0.124. The van der Waals surface area contributed by atoms with Gasteiger partial charge in [0.05, 0.1) is 0 Å². The van der Waals surface area contributed by atoms with Crippen LogP contribution in [0.15, 0.2) is 147 Å². The monoisotopic (exact) mass is 937 g/mol. The molecule has 0 aliphatic heterocycles. The molecule has 0 radical (unpaired) electrons. The van der Waals surface area contributed by atoms with Crippen LogP contribution in [0, 0.1) is 0 Å². The number of H-pyrrole nitrogens is 1. The Morgan fingerprint density at radius 2 is 0.722 bits per heavy atom. The zero-order valence-electron chi connectivity index (χ0n) is 43.4. The van der Waals surface area contributed by atoms with Crippen molar-refractivity contribution in [3.63, 3.8) is 0 Å². The first-order chi connectivity index (χ1) is 34.2. The summed E-state index contributed by atoms with van der Waals surface area (Å²) in [5, 5.41) is 15.8. The molecule has 0 aliphatic rings. The van der Waals surface area contributed by atoms with Crippen molar-refractivity contribution >= 4 is 120 Å². The molecule has 0 atom stereocenters. The molecule has 0 saturated heterocycles. The summed E-state index contributed by atoms with van der Waals surface area (Å²) < 4.78 is 21.3. The molecule has 354 valence electrons. The van der Waals surface area contributed by atoms with Crippen LogP contribution in [0.1, 0.15) is 105 Å². The lowest BCUT2D eigenvalue weighted by Gasteiger charge is -2.26. The second kappa shape index (κ2) is 14.1. The van der Waals surface area contributed by atoms with Crippen LogP contribution in [0.4, 0.5) is 0 Å². The second-order valence-electron chi connectivity index (χ2n) is 25.0. The van der Waals surface area contributed by atoms with E-state index in [1.165, 1.54) is 76.8 Å². The van der Waals surface area contributed by atoms with Gasteiger partial charge in [0.1, 0.15) is 33.5 Å². The number of fused-ring (bicyclic) bond motifs is 14. The van der Waals surface area contributed by atoms with Crippen molar-refractivity contribution in [2.75, 3.05) is 0 Å². The molecule has 0 unspecified atom stereocenters. The van der Waals surface area contributed by atoms with E-state index in [1.54, 1.807) is 0 Å². The third kappa shape index (κ3) is 6.11. The summed E-state index contributed by atoms with van der Waals surface area (Å²) in [7, 11) is 0. The fourth-order valence-corrected chi connectivity index (χ4v) is 12.3. The molecule has 14 aromatic rings. The van der Waals surface area contributed by atoms with Crippen molar-refractivity contribution in [3.05, 3.63) is 156 Å². The van der Waals surface area contributed by atoms with Gasteiger partial charge in [-0.3, -0.25) is 0 Å². The van der Waals surface area contributed by atoms with E-state index >= 15 is 0 Å². The predicted octanol–water partition coefficient (Wildman–Crippen LogP) is 20.4. The molecule has 0 bridgehead atoms. The molecule has 14 rings (SSSR count). The van der Waals surface area contributed by atoms with E-state index in [1.807, 2.05) is 0 Å². The minimum Gasteiger partial charge on any atom is -0.456 e. The topological polar surface area (TPSA) is 55.2 Å². The van der Waals surface area contributed by atoms with E-state index in [2.05, 4.69) is 222 Å². The summed E-state index contributed by atoms with van der Waals surface area (Å²) in [6.45, 7) is 27.6. The smallest absolute Gasteiger partial charge is 0.143 e. The fraction of sp³-hybridized carbons (Fsp3) is 0.235. The van der Waals surface area contributed by atoms with Gasteiger partial charge in [-0.15, -0.1) is 0 Å². The van der Waals surface area contributed by atoms with E-state index in [-0.39, 0.29) is 21.7 Å². The number of hydrogen-bond donors (Lipinski definition) is 1. The van der Waals surface area contributed by atoms with Crippen molar-refractivity contribution in [2.24, 2.45) is 0 Å². The quantitative estimate of drug-likeness (QED) is 0.176. The largest absolute Gasteiger partial charge is 0.456 e. The van der Waals surface area contributed by atoms with Gasteiger partial charge in [0.25, 0.3) is 0 Å². The number of aromatic amines is 1. The lowest BCUT2D eigenvalue weighted by molar-refractivity contribution is 0.590. The van der Waals surface area contributed by atoms with Crippen molar-refractivity contribution in [2.45, 2.75) is 105 Å². The highest BCUT2D eigenvalue weighted by Crippen LogP contribution is 2.53. The van der Waals surface area contributed by atoms with Gasteiger partial charge in [-0.05, 0) is 150 Å². The molecule has 72 heavy (non-hydrogen) atoms. The Kier molecular flexibility index (Phi) is 8.47. The zero-order chi connectivity index (χ0) is 49.7. The van der Waals surface area contributed by atoms with Crippen LogP contribution in [-0.2, 0) is 21.7 Å². The number of hydrogen-bond acceptors (Lipinski definition) is 3. The molecule has 10 aromatic carbocycles. The number of rotatable bonds is 2. The Bertz CT molecular complexity index is 4350. The molecular formula is C68H59NO3. The Hall–Kier alpha value is -7.56. The summed E-state index contributed by atoms with van der Waals surface area (Å²) in [4.78, 5) is 3.80. The van der Waals surface area contributed by atoms with Crippen molar-refractivity contribution < 1.29 is 13.3 Å². The zero-order valence-corrected chi connectivity index (χ0v) is 43.4. The molecule has 1 N–H and O–H groups in total. The molecule has 0 fully saturated rings. The first-order valence-electron chi connectivity index (χ1n) is 25.7.